The summed E-state index contributed by atoms with van der Waals surface area (Å²) in [5.41, 5.74) is -0.540. The second-order valence-electron chi connectivity index (χ2n) is 11.7. The third-order valence-electron chi connectivity index (χ3n) is 8.82. The topological polar surface area (TPSA) is 87.2 Å². The van der Waals surface area contributed by atoms with Crippen LogP contribution in [0.5, 0.6) is 0 Å². The van der Waals surface area contributed by atoms with Crippen LogP contribution >= 0.6 is 0 Å². The molecule has 5 rings (SSSR count). The maximum atomic E-state index is 14.3. The summed E-state index contributed by atoms with van der Waals surface area (Å²) in [6.07, 6.45) is -1.17. The van der Waals surface area contributed by atoms with Gasteiger partial charge in [0.25, 0.3) is 0 Å². The summed E-state index contributed by atoms with van der Waals surface area (Å²) in [5, 5.41) is 3.72. The first-order valence-electron chi connectivity index (χ1n) is 13.6. The number of likely N-dealkylation sites (N-methyl/N-ethyl adjacent to an activating group) is 1. The minimum atomic E-state index is -4.49. The number of carbonyl (C=O) groups excluding carboxylic acids is 2. The van der Waals surface area contributed by atoms with E-state index in [2.05, 4.69) is 10.3 Å². The van der Waals surface area contributed by atoms with E-state index in [1.807, 2.05) is 19.0 Å². The Balaban J connectivity index is 1.37. The van der Waals surface area contributed by atoms with Gasteiger partial charge in [0.1, 0.15) is 0 Å². The molecule has 39 heavy (non-hydrogen) atoms. The average molecular weight is 554 g/mol. The number of nitrogens with zero attached hydrogens (tertiary/aromatic N) is 4. The highest BCUT2D eigenvalue weighted by Crippen LogP contribution is 2.50. The molecule has 2 unspecified atom stereocenters. The van der Waals surface area contributed by atoms with Crippen molar-refractivity contribution in [1.82, 2.24) is 25.0 Å². The van der Waals surface area contributed by atoms with Crippen molar-refractivity contribution in [3.8, 4) is 0 Å². The molecule has 9 nitrogen and oxygen atoms in total. The monoisotopic (exact) mass is 553 g/mol. The molecule has 1 aromatic rings. The van der Waals surface area contributed by atoms with Gasteiger partial charge in [-0.2, -0.15) is 13.2 Å². The SMILES string of the molecule is COC1COCCC1N[C@@H]1C[C@H]2CN(C(=O)CN(C)C)C[C@@]2(C(=O)N2CCc3ncc(C(F)(F)F)cc3C2)C1. The van der Waals surface area contributed by atoms with E-state index in [0.29, 0.717) is 56.9 Å². The number of halogens is 3. The first kappa shape index (κ1) is 28.3. The number of ether oxygens (including phenoxy) is 2. The van der Waals surface area contributed by atoms with Gasteiger partial charge in [0, 0.05) is 70.3 Å². The van der Waals surface area contributed by atoms with Crippen LogP contribution in [0.25, 0.3) is 0 Å². The van der Waals surface area contributed by atoms with Gasteiger partial charge in [-0.1, -0.05) is 0 Å². The first-order chi connectivity index (χ1) is 18.5. The average Bonchev–Trinajstić information content (AvgIpc) is 3.42. The Hall–Kier alpha value is -2.28. The Morgan fingerprint density at radius 1 is 1.31 bits per heavy atom. The molecule has 0 bridgehead atoms. The number of aromatic nitrogens is 1. The van der Waals surface area contributed by atoms with Crippen molar-refractivity contribution >= 4 is 11.8 Å². The normalized spacial score (nSPS) is 30.9. The number of carbonyl (C=O) groups is 2. The molecule has 3 fully saturated rings. The maximum absolute atomic E-state index is 14.3. The number of pyridine rings is 1. The third kappa shape index (κ3) is 5.66. The van der Waals surface area contributed by atoms with Gasteiger partial charge in [-0.25, -0.2) is 0 Å². The molecule has 0 spiro atoms. The molecule has 1 N–H and O–H groups in total. The van der Waals surface area contributed by atoms with Crippen LogP contribution in [-0.4, -0.2) is 110 Å². The summed E-state index contributed by atoms with van der Waals surface area (Å²) in [7, 11) is 5.35. The van der Waals surface area contributed by atoms with E-state index in [4.69, 9.17) is 9.47 Å². The zero-order valence-electron chi connectivity index (χ0n) is 22.8. The number of hydrogen-bond donors (Lipinski definition) is 1. The number of fused-ring (bicyclic) bond motifs is 2. The van der Waals surface area contributed by atoms with E-state index in [0.717, 1.165) is 25.1 Å². The van der Waals surface area contributed by atoms with Crippen molar-refractivity contribution in [3.05, 3.63) is 29.1 Å². The Labute approximate surface area is 227 Å². The Kier molecular flexibility index (Phi) is 7.93. The van der Waals surface area contributed by atoms with Crippen LogP contribution in [-0.2, 0) is 38.2 Å². The van der Waals surface area contributed by atoms with Gasteiger partial charge in [0.05, 0.1) is 30.2 Å². The van der Waals surface area contributed by atoms with Crippen LogP contribution in [0.1, 0.15) is 36.1 Å². The molecule has 1 saturated carbocycles. The van der Waals surface area contributed by atoms with Crippen molar-refractivity contribution in [3.63, 3.8) is 0 Å². The van der Waals surface area contributed by atoms with Crippen LogP contribution in [0, 0.1) is 11.3 Å². The van der Waals surface area contributed by atoms with Gasteiger partial charge in [-0.3, -0.25) is 14.6 Å². The Bertz CT molecular complexity index is 1090. The van der Waals surface area contributed by atoms with E-state index >= 15 is 0 Å². The second-order valence-corrected chi connectivity index (χ2v) is 11.7. The lowest BCUT2D eigenvalue weighted by Gasteiger charge is -2.38. The fourth-order valence-corrected chi connectivity index (χ4v) is 6.90. The molecular weight excluding hydrogens is 515 g/mol. The number of hydrogen-bond acceptors (Lipinski definition) is 7. The van der Waals surface area contributed by atoms with Crippen molar-refractivity contribution in [2.24, 2.45) is 11.3 Å². The van der Waals surface area contributed by atoms with Gasteiger partial charge < -0.3 is 29.5 Å². The molecule has 0 aromatic carbocycles. The molecule has 1 aliphatic carbocycles. The lowest BCUT2D eigenvalue weighted by atomic mass is 9.78. The van der Waals surface area contributed by atoms with Crippen molar-refractivity contribution in [2.75, 3.05) is 60.6 Å². The highest BCUT2D eigenvalue weighted by molar-refractivity contribution is 5.87. The van der Waals surface area contributed by atoms with E-state index in [1.54, 1.807) is 16.9 Å². The fraction of sp³-hybridized carbons (Fsp3) is 0.741. The summed E-state index contributed by atoms with van der Waals surface area (Å²) in [6, 6.07) is 1.30. The van der Waals surface area contributed by atoms with Crippen molar-refractivity contribution in [1.29, 1.82) is 0 Å². The summed E-state index contributed by atoms with van der Waals surface area (Å²) in [5.74, 6) is -0.122. The number of amides is 2. The largest absolute Gasteiger partial charge is 0.417 e. The molecule has 2 saturated heterocycles. The predicted octanol–water partition coefficient (Wildman–Crippen LogP) is 1.55. The molecular formula is C27H38F3N5O4. The van der Waals surface area contributed by atoms with Crippen LogP contribution in [0.4, 0.5) is 13.2 Å². The molecule has 216 valence electrons. The summed E-state index contributed by atoms with van der Waals surface area (Å²) in [4.78, 5) is 36.7. The zero-order chi connectivity index (χ0) is 27.9. The lowest BCUT2D eigenvalue weighted by molar-refractivity contribution is -0.144. The van der Waals surface area contributed by atoms with Gasteiger partial charge in [-0.05, 0) is 50.9 Å². The summed E-state index contributed by atoms with van der Waals surface area (Å²) >= 11 is 0. The number of rotatable bonds is 6. The van der Waals surface area contributed by atoms with Crippen molar-refractivity contribution < 1.29 is 32.2 Å². The number of alkyl halides is 3. The highest BCUT2D eigenvalue weighted by atomic mass is 19.4. The molecule has 0 radical (unpaired) electrons. The first-order valence-corrected chi connectivity index (χ1v) is 13.6. The molecule has 2 amide bonds. The fourth-order valence-electron chi connectivity index (χ4n) is 6.90. The summed E-state index contributed by atoms with van der Waals surface area (Å²) in [6.45, 7) is 2.74. The molecule has 4 aliphatic rings. The van der Waals surface area contributed by atoms with Gasteiger partial charge >= 0.3 is 6.18 Å². The smallest absolute Gasteiger partial charge is 0.379 e. The molecule has 1 aromatic heterocycles. The van der Waals surface area contributed by atoms with Gasteiger partial charge in [0.2, 0.25) is 11.8 Å². The Morgan fingerprint density at radius 3 is 2.82 bits per heavy atom. The quantitative estimate of drug-likeness (QED) is 0.572. The Morgan fingerprint density at radius 2 is 2.10 bits per heavy atom. The second kappa shape index (κ2) is 10.9. The molecule has 3 aliphatic heterocycles. The maximum Gasteiger partial charge on any atom is 0.417 e. The van der Waals surface area contributed by atoms with Crippen molar-refractivity contribution in [2.45, 2.75) is 56.6 Å². The minimum absolute atomic E-state index is 0.0158. The van der Waals surface area contributed by atoms with E-state index in [-0.39, 0.29) is 49.0 Å². The predicted molar refractivity (Wildman–Crippen MR) is 136 cm³/mol. The van der Waals surface area contributed by atoms with Crippen LogP contribution in [0.2, 0.25) is 0 Å². The van der Waals surface area contributed by atoms with E-state index in [1.165, 1.54) is 0 Å². The number of likely N-dealkylation sites (tertiary alicyclic amines) is 1. The molecule has 12 heteroatoms. The highest BCUT2D eigenvalue weighted by Gasteiger charge is 2.59. The third-order valence-corrected chi connectivity index (χ3v) is 8.82. The van der Waals surface area contributed by atoms with Gasteiger partial charge in [-0.15, -0.1) is 0 Å². The lowest BCUT2D eigenvalue weighted by Crippen LogP contribution is -2.52. The number of methoxy groups -OCH3 is 1. The van der Waals surface area contributed by atoms with Gasteiger partial charge in [0.15, 0.2) is 0 Å². The van der Waals surface area contributed by atoms with E-state index in [9.17, 15) is 22.8 Å². The minimum Gasteiger partial charge on any atom is -0.379 e. The van der Waals surface area contributed by atoms with Crippen LogP contribution in [0.3, 0.4) is 0 Å². The summed E-state index contributed by atoms with van der Waals surface area (Å²) < 4.78 is 51.2. The van der Waals surface area contributed by atoms with E-state index < -0.39 is 17.2 Å². The van der Waals surface area contributed by atoms with Crippen LogP contribution in [0.15, 0.2) is 12.3 Å². The molecule has 4 heterocycles. The molecule has 5 atom stereocenters. The zero-order valence-corrected chi connectivity index (χ0v) is 22.8. The standard InChI is InChI=1S/C27H38F3N5O4/c1-33(2)14-24(36)35-13-19-9-20(32-22-5-7-39-15-23(22)38-3)10-26(19,16-35)25(37)34-6-4-21-17(12-34)8-18(11-31-21)27(28,29)30/h8,11,19-20,22-23,32H,4-7,9-10,12-16H2,1-3H3/t19-,20+,22?,23?,26-/m0/s1. The number of nitrogens with one attached hydrogen (secondary N) is 1. The van der Waals surface area contributed by atoms with Crippen LogP contribution < -0.4 is 5.32 Å².